The average Bonchev–Trinajstić information content (AvgIpc) is 2.69. The van der Waals surface area contributed by atoms with Crippen molar-refractivity contribution in [3.05, 3.63) is 94.5 Å². The predicted octanol–water partition coefficient (Wildman–Crippen LogP) is 3.73. The normalized spacial score (nSPS) is 12.0. The Morgan fingerprint density at radius 2 is 1.69 bits per heavy atom. The van der Waals surface area contributed by atoms with Crippen LogP contribution in [0.25, 0.3) is 0 Å². The first-order valence-electron chi connectivity index (χ1n) is 8.29. The van der Waals surface area contributed by atoms with E-state index in [-0.39, 0.29) is 17.8 Å². The van der Waals surface area contributed by atoms with Gasteiger partial charge in [0.05, 0.1) is 17.1 Å². The molecule has 3 aromatic rings. The van der Waals surface area contributed by atoms with Gasteiger partial charge in [0.15, 0.2) is 11.6 Å². The molecule has 0 heterocycles. The Kier molecular flexibility index (Phi) is 6.14. The fraction of sp³-hybridized carbons (Fsp3) is 0.0500. The zero-order valence-electron chi connectivity index (χ0n) is 14.8. The van der Waals surface area contributed by atoms with E-state index in [0.29, 0.717) is 17.2 Å². The summed E-state index contributed by atoms with van der Waals surface area (Å²) in [7, 11) is -4.25. The molecule has 3 aromatic carbocycles. The number of rotatable bonds is 6. The zero-order chi connectivity index (χ0) is 21.0. The molecule has 0 bridgehead atoms. The second-order valence-corrected chi connectivity index (χ2v) is 8.09. The molecule has 150 valence electrons. The highest BCUT2D eigenvalue weighted by atomic mass is 35.5. The first kappa shape index (κ1) is 20.8. The van der Waals surface area contributed by atoms with Crippen molar-refractivity contribution in [2.45, 2.75) is 11.4 Å². The summed E-state index contributed by atoms with van der Waals surface area (Å²) in [6, 6.07) is 14.8. The van der Waals surface area contributed by atoms with Gasteiger partial charge in [-0.25, -0.2) is 17.2 Å². The van der Waals surface area contributed by atoms with E-state index < -0.39 is 32.5 Å². The number of nitrogens with zero attached hydrogens (tertiary/aromatic N) is 1. The van der Waals surface area contributed by atoms with Crippen molar-refractivity contribution in [1.29, 1.82) is 0 Å². The van der Waals surface area contributed by atoms with E-state index in [0.717, 1.165) is 11.6 Å². The summed E-state index contributed by atoms with van der Waals surface area (Å²) in [6.07, 6.45) is 0. The Morgan fingerprint density at radius 1 is 1.00 bits per heavy atom. The van der Waals surface area contributed by atoms with Crippen LogP contribution in [0.5, 0.6) is 0 Å². The number of para-hydroxylation sites is 1. The smallest absolute Gasteiger partial charge is 0.262 e. The summed E-state index contributed by atoms with van der Waals surface area (Å²) in [5.74, 6) is -3.10. The molecule has 0 amide bonds. The van der Waals surface area contributed by atoms with Crippen LogP contribution in [0.15, 0.2) is 76.6 Å². The largest absolute Gasteiger partial charge is 0.858 e. The molecule has 0 saturated heterocycles. The van der Waals surface area contributed by atoms with E-state index >= 15 is 0 Å². The molecule has 0 saturated carbocycles. The molecule has 0 fully saturated rings. The maximum absolute atomic E-state index is 13.4. The first-order valence-corrected chi connectivity index (χ1v) is 10.2. The van der Waals surface area contributed by atoms with Crippen molar-refractivity contribution in [2.24, 2.45) is 4.99 Å². The Morgan fingerprint density at radius 3 is 2.38 bits per heavy atom. The van der Waals surface area contributed by atoms with E-state index in [1.54, 1.807) is 30.3 Å². The summed E-state index contributed by atoms with van der Waals surface area (Å²) >= 11 is 5.81. The quantitative estimate of drug-likeness (QED) is 0.473. The second-order valence-electron chi connectivity index (χ2n) is 5.97. The maximum Gasteiger partial charge on any atom is 0.262 e. The van der Waals surface area contributed by atoms with Gasteiger partial charge >= 0.3 is 0 Å². The number of anilines is 1. The Labute approximate surface area is 171 Å². The van der Waals surface area contributed by atoms with Gasteiger partial charge in [0, 0.05) is 10.6 Å². The van der Waals surface area contributed by atoms with Crippen LogP contribution in [-0.4, -0.2) is 14.3 Å². The zero-order valence-corrected chi connectivity index (χ0v) is 16.3. The number of hydrogen-bond donors (Lipinski definition) is 1. The van der Waals surface area contributed by atoms with Crippen LogP contribution in [0.2, 0.25) is 5.02 Å². The summed E-state index contributed by atoms with van der Waals surface area (Å²) in [5.41, 5.74) is 0.748. The third kappa shape index (κ3) is 5.10. The molecule has 1 N–H and O–H groups in total. The van der Waals surface area contributed by atoms with Crippen molar-refractivity contribution in [2.75, 3.05) is 4.72 Å². The second kappa shape index (κ2) is 8.59. The Hall–Kier alpha value is -2.97. The average molecular weight is 436 g/mol. The molecule has 29 heavy (non-hydrogen) atoms. The van der Waals surface area contributed by atoms with E-state index in [1.807, 2.05) is 0 Å². The van der Waals surface area contributed by atoms with Gasteiger partial charge in [-0.1, -0.05) is 41.9 Å². The minimum absolute atomic E-state index is 0.0209. The molecule has 0 radical (unpaired) electrons. The molecule has 3 rings (SSSR count). The lowest BCUT2D eigenvalue weighted by atomic mass is 10.2. The maximum atomic E-state index is 13.4. The molecule has 5 nitrogen and oxygen atoms in total. The van der Waals surface area contributed by atoms with Crippen molar-refractivity contribution in [3.63, 3.8) is 0 Å². The Balaban J connectivity index is 1.87. The van der Waals surface area contributed by atoms with E-state index in [2.05, 4.69) is 9.71 Å². The van der Waals surface area contributed by atoms with Crippen molar-refractivity contribution in [3.8, 4) is 0 Å². The van der Waals surface area contributed by atoms with E-state index in [9.17, 15) is 22.3 Å². The number of hydrogen-bond acceptors (Lipinski definition) is 4. The third-order valence-electron chi connectivity index (χ3n) is 3.92. The molecule has 0 aromatic heterocycles. The fourth-order valence-corrected chi connectivity index (χ4v) is 3.66. The number of nitrogens with one attached hydrogen (secondary N) is 1. The van der Waals surface area contributed by atoms with Gasteiger partial charge in [-0.2, -0.15) is 0 Å². The minimum Gasteiger partial charge on any atom is -0.858 e. The summed E-state index contributed by atoms with van der Waals surface area (Å²) < 4.78 is 53.7. The number of benzene rings is 3. The van der Waals surface area contributed by atoms with Gasteiger partial charge in [-0.3, -0.25) is 9.71 Å². The highest BCUT2D eigenvalue weighted by molar-refractivity contribution is 7.92. The summed E-state index contributed by atoms with van der Waals surface area (Å²) in [5, 5.41) is 13.0. The Bertz CT molecular complexity index is 1170. The molecular formula is C20H14ClF2N2O3S-. The monoisotopic (exact) mass is 435 g/mol. The van der Waals surface area contributed by atoms with Crippen molar-refractivity contribution in [1.82, 2.24) is 0 Å². The van der Waals surface area contributed by atoms with Crippen molar-refractivity contribution < 1.29 is 22.3 Å². The molecule has 0 atom stereocenters. The van der Waals surface area contributed by atoms with Gasteiger partial charge in [-0.05, 0) is 47.9 Å². The number of sulfonamides is 1. The SMILES string of the molecule is O=S(=O)(Nc1ccccc1C([O-])=NCc1ccc(Cl)cc1)c1ccc(F)c(F)c1. The molecule has 9 heteroatoms. The predicted molar refractivity (Wildman–Crippen MR) is 105 cm³/mol. The van der Waals surface area contributed by atoms with Crippen LogP contribution in [-0.2, 0) is 16.6 Å². The van der Waals surface area contributed by atoms with Crippen molar-refractivity contribution >= 4 is 33.2 Å². The fourth-order valence-electron chi connectivity index (χ4n) is 2.44. The molecular weight excluding hydrogens is 422 g/mol. The highest BCUT2D eigenvalue weighted by Gasteiger charge is 2.18. The summed E-state index contributed by atoms with van der Waals surface area (Å²) in [6.45, 7) is 0.0836. The van der Waals surface area contributed by atoms with Crippen LogP contribution in [0.4, 0.5) is 14.5 Å². The number of halogens is 3. The molecule has 0 unspecified atom stereocenters. The van der Waals surface area contributed by atoms with Crippen LogP contribution in [0.1, 0.15) is 11.1 Å². The minimum atomic E-state index is -4.25. The molecule has 0 aliphatic heterocycles. The van der Waals surface area contributed by atoms with Crippen LogP contribution < -0.4 is 9.83 Å². The lowest BCUT2D eigenvalue weighted by Gasteiger charge is -2.17. The topological polar surface area (TPSA) is 81.6 Å². The standard InChI is InChI=1S/C20H15ClF2N2O3S/c21-14-7-5-13(6-8-14)12-24-20(26)16-3-1-2-4-19(16)25-29(27,28)15-9-10-17(22)18(23)11-15/h1-11,25H,12H2,(H,24,26)/p-1. The lowest BCUT2D eigenvalue weighted by molar-refractivity contribution is -0.213. The van der Waals surface area contributed by atoms with Gasteiger partial charge in [0.2, 0.25) is 0 Å². The lowest BCUT2D eigenvalue weighted by Crippen LogP contribution is -2.23. The molecule has 0 aliphatic carbocycles. The van der Waals surface area contributed by atoms with Gasteiger partial charge < -0.3 is 5.11 Å². The van der Waals surface area contributed by atoms with E-state index in [1.165, 1.54) is 18.2 Å². The van der Waals surface area contributed by atoms with E-state index in [4.69, 9.17) is 11.6 Å². The highest BCUT2D eigenvalue weighted by Crippen LogP contribution is 2.21. The van der Waals surface area contributed by atoms with Gasteiger partial charge in [0.25, 0.3) is 10.0 Å². The number of aliphatic imine (C=N–C) groups is 1. The summed E-state index contributed by atoms with van der Waals surface area (Å²) in [4.78, 5) is 3.48. The van der Waals surface area contributed by atoms with Gasteiger partial charge in [0.1, 0.15) is 0 Å². The third-order valence-corrected chi connectivity index (χ3v) is 5.54. The first-order chi connectivity index (χ1) is 13.8. The van der Waals surface area contributed by atoms with Crippen LogP contribution in [0.3, 0.4) is 0 Å². The van der Waals surface area contributed by atoms with Crippen LogP contribution >= 0.6 is 11.6 Å². The van der Waals surface area contributed by atoms with Gasteiger partial charge in [-0.15, -0.1) is 0 Å². The molecule has 0 aliphatic rings. The molecule has 0 spiro atoms. The van der Waals surface area contributed by atoms with Crippen LogP contribution in [0, 0.1) is 11.6 Å².